The largest absolute Gasteiger partial charge is 0.378 e. The fraction of sp³-hybridized carbons (Fsp3) is 0.647. The van der Waals surface area contributed by atoms with Gasteiger partial charge < -0.3 is 10.1 Å². The minimum Gasteiger partial charge on any atom is -0.378 e. The Balaban J connectivity index is 1.60. The van der Waals surface area contributed by atoms with Gasteiger partial charge in [-0.3, -0.25) is 0 Å². The van der Waals surface area contributed by atoms with E-state index in [9.17, 15) is 0 Å². The van der Waals surface area contributed by atoms with E-state index in [4.69, 9.17) is 4.74 Å². The van der Waals surface area contributed by atoms with Crippen LogP contribution >= 0.6 is 0 Å². The molecule has 0 saturated carbocycles. The quantitative estimate of drug-likeness (QED) is 0.758. The van der Waals surface area contributed by atoms with E-state index in [0.717, 1.165) is 13.2 Å². The fourth-order valence-electron chi connectivity index (χ4n) is 2.83. The first-order valence-corrected chi connectivity index (χ1v) is 7.77. The second-order valence-electron chi connectivity index (χ2n) is 5.55. The average Bonchev–Trinajstić information content (AvgIpc) is 2.46. The molecule has 2 heteroatoms. The van der Waals surface area contributed by atoms with Crippen molar-refractivity contribution in [2.75, 3.05) is 13.2 Å². The van der Waals surface area contributed by atoms with Crippen molar-refractivity contribution in [2.45, 2.75) is 57.6 Å². The predicted molar refractivity (Wildman–Crippen MR) is 80.4 cm³/mol. The van der Waals surface area contributed by atoms with Gasteiger partial charge in [0.15, 0.2) is 0 Å². The third kappa shape index (κ3) is 5.33. The molecule has 1 aliphatic rings. The summed E-state index contributed by atoms with van der Waals surface area (Å²) in [6, 6.07) is 11.4. The van der Waals surface area contributed by atoms with E-state index < -0.39 is 0 Å². The molecule has 2 atom stereocenters. The molecule has 106 valence electrons. The molecule has 0 radical (unpaired) electrons. The highest BCUT2D eigenvalue weighted by atomic mass is 16.5. The summed E-state index contributed by atoms with van der Waals surface area (Å²) in [7, 11) is 0. The van der Waals surface area contributed by atoms with E-state index in [-0.39, 0.29) is 0 Å². The second-order valence-corrected chi connectivity index (χ2v) is 5.55. The van der Waals surface area contributed by atoms with E-state index in [0.29, 0.717) is 12.1 Å². The Morgan fingerprint density at radius 2 is 2.11 bits per heavy atom. The summed E-state index contributed by atoms with van der Waals surface area (Å²) in [5.74, 6) is 0. The molecule has 1 fully saturated rings. The number of benzene rings is 1. The van der Waals surface area contributed by atoms with Crippen LogP contribution < -0.4 is 5.32 Å². The Bertz CT molecular complexity index is 336. The summed E-state index contributed by atoms with van der Waals surface area (Å²) in [5.41, 5.74) is 1.44. The Kier molecular flexibility index (Phi) is 6.38. The third-order valence-corrected chi connectivity index (χ3v) is 3.90. The molecule has 1 heterocycles. The lowest BCUT2D eigenvalue weighted by Crippen LogP contribution is -2.39. The molecule has 1 saturated heterocycles. The van der Waals surface area contributed by atoms with Crippen molar-refractivity contribution in [3.8, 4) is 0 Å². The van der Waals surface area contributed by atoms with Crippen LogP contribution in [0.3, 0.4) is 0 Å². The summed E-state index contributed by atoms with van der Waals surface area (Å²) < 4.78 is 5.78. The standard InChI is InChI=1S/C17H27NO/c1-2-7-17-14-16(11-13-19-17)18-12-6-10-15-8-4-3-5-9-15/h3-5,8-9,16-18H,2,6-7,10-14H2,1H3. The summed E-state index contributed by atoms with van der Waals surface area (Å²) in [5, 5.41) is 3.70. The van der Waals surface area contributed by atoms with Gasteiger partial charge in [0, 0.05) is 12.6 Å². The van der Waals surface area contributed by atoms with Crippen LogP contribution in [0, 0.1) is 0 Å². The molecule has 0 aliphatic carbocycles. The molecule has 2 unspecified atom stereocenters. The van der Waals surface area contributed by atoms with Crippen LogP contribution in [0.5, 0.6) is 0 Å². The van der Waals surface area contributed by atoms with E-state index in [1.54, 1.807) is 0 Å². The van der Waals surface area contributed by atoms with Crippen LogP contribution in [-0.2, 0) is 11.2 Å². The summed E-state index contributed by atoms with van der Waals surface area (Å²) >= 11 is 0. The van der Waals surface area contributed by atoms with Crippen LogP contribution in [0.25, 0.3) is 0 Å². The van der Waals surface area contributed by atoms with Gasteiger partial charge in [0.2, 0.25) is 0 Å². The number of nitrogens with one attached hydrogen (secondary N) is 1. The van der Waals surface area contributed by atoms with Gasteiger partial charge in [-0.05, 0) is 44.2 Å². The summed E-state index contributed by atoms with van der Waals surface area (Å²) in [6.07, 6.45) is 7.69. The summed E-state index contributed by atoms with van der Waals surface area (Å²) in [4.78, 5) is 0. The first-order valence-electron chi connectivity index (χ1n) is 7.77. The Morgan fingerprint density at radius 3 is 2.89 bits per heavy atom. The molecule has 0 aromatic heterocycles. The number of rotatable bonds is 7. The van der Waals surface area contributed by atoms with Crippen molar-refractivity contribution in [2.24, 2.45) is 0 Å². The second kappa shape index (κ2) is 8.34. The lowest BCUT2D eigenvalue weighted by atomic mass is 10.00. The van der Waals surface area contributed by atoms with Crippen molar-refractivity contribution in [1.29, 1.82) is 0 Å². The van der Waals surface area contributed by atoms with Gasteiger partial charge in [-0.25, -0.2) is 0 Å². The molecule has 1 aromatic rings. The van der Waals surface area contributed by atoms with Crippen LogP contribution in [0.4, 0.5) is 0 Å². The maximum absolute atomic E-state index is 5.78. The number of hydrogen-bond donors (Lipinski definition) is 1. The Hall–Kier alpha value is -0.860. The zero-order valence-electron chi connectivity index (χ0n) is 12.1. The highest BCUT2D eigenvalue weighted by Gasteiger charge is 2.20. The topological polar surface area (TPSA) is 21.3 Å². The molecule has 0 spiro atoms. The highest BCUT2D eigenvalue weighted by Crippen LogP contribution is 2.17. The van der Waals surface area contributed by atoms with E-state index in [1.807, 2.05) is 0 Å². The Labute approximate surface area is 117 Å². The van der Waals surface area contributed by atoms with Gasteiger partial charge >= 0.3 is 0 Å². The highest BCUT2D eigenvalue weighted by molar-refractivity contribution is 5.14. The molecule has 1 aliphatic heterocycles. The number of ether oxygens (including phenoxy) is 1. The predicted octanol–water partition coefficient (Wildman–Crippen LogP) is 3.56. The molecule has 2 rings (SSSR count). The number of aryl methyl sites for hydroxylation is 1. The van der Waals surface area contributed by atoms with Crippen LogP contribution in [0.1, 0.15) is 44.6 Å². The zero-order valence-corrected chi connectivity index (χ0v) is 12.1. The van der Waals surface area contributed by atoms with Gasteiger partial charge in [0.05, 0.1) is 6.10 Å². The van der Waals surface area contributed by atoms with Gasteiger partial charge in [-0.1, -0.05) is 43.7 Å². The summed E-state index contributed by atoms with van der Waals surface area (Å²) in [6.45, 7) is 4.29. The SMILES string of the molecule is CCCC1CC(NCCCc2ccccc2)CCO1. The maximum atomic E-state index is 5.78. The minimum atomic E-state index is 0.491. The molecule has 19 heavy (non-hydrogen) atoms. The van der Waals surface area contributed by atoms with Gasteiger partial charge in [-0.2, -0.15) is 0 Å². The lowest BCUT2D eigenvalue weighted by molar-refractivity contribution is -0.00308. The lowest BCUT2D eigenvalue weighted by Gasteiger charge is -2.30. The normalized spacial score (nSPS) is 23.4. The molecule has 1 N–H and O–H groups in total. The third-order valence-electron chi connectivity index (χ3n) is 3.90. The first kappa shape index (κ1) is 14.5. The Morgan fingerprint density at radius 1 is 1.26 bits per heavy atom. The zero-order chi connectivity index (χ0) is 13.3. The molecule has 1 aromatic carbocycles. The minimum absolute atomic E-state index is 0.491. The van der Waals surface area contributed by atoms with E-state index >= 15 is 0 Å². The first-order chi connectivity index (χ1) is 9.38. The van der Waals surface area contributed by atoms with Crippen LogP contribution in [-0.4, -0.2) is 25.3 Å². The van der Waals surface area contributed by atoms with Crippen molar-refractivity contribution in [3.63, 3.8) is 0 Å². The molecule has 2 nitrogen and oxygen atoms in total. The van der Waals surface area contributed by atoms with Crippen LogP contribution in [0.2, 0.25) is 0 Å². The van der Waals surface area contributed by atoms with E-state index in [2.05, 4.69) is 42.6 Å². The molecular weight excluding hydrogens is 234 g/mol. The average molecular weight is 261 g/mol. The van der Waals surface area contributed by atoms with Crippen LogP contribution in [0.15, 0.2) is 30.3 Å². The fourth-order valence-corrected chi connectivity index (χ4v) is 2.83. The van der Waals surface area contributed by atoms with Crippen molar-refractivity contribution in [3.05, 3.63) is 35.9 Å². The van der Waals surface area contributed by atoms with Gasteiger partial charge in [0.1, 0.15) is 0 Å². The van der Waals surface area contributed by atoms with Gasteiger partial charge in [-0.15, -0.1) is 0 Å². The van der Waals surface area contributed by atoms with Crippen molar-refractivity contribution < 1.29 is 4.74 Å². The molecule has 0 bridgehead atoms. The van der Waals surface area contributed by atoms with Crippen molar-refractivity contribution >= 4 is 0 Å². The van der Waals surface area contributed by atoms with Crippen molar-refractivity contribution in [1.82, 2.24) is 5.32 Å². The monoisotopic (exact) mass is 261 g/mol. The maximum Gasteiger partial charge on any atom is 0.0589 e. The number of hydrogen-bond acceptors (Lipinski definition) is 2. The molecule has 0 amide bonds. The van der Waals surface area contributed by atoms with E-state index in [1.165, 1.54) is 44.1 Å². The van der Waals surface area contributed by atoms with Gasteiger partial charge in [0.25, 0.3) is 0 Å². The smallest absolute Gasteiger partial charge is 0.0589 e. The molecular formula is C17H27NO.